The average Bonchev–Trinajstić information content (AvgIpc) is 2.36. The van der Waals surface area contributed by atoms with Crippen molar-refractivity contribution in [1.82, 2.24) is 0 Å². The number of rotatable bonds is 9. The van der Waals surface area contributed by atoms with Crippen LogP contribution in [0.3, 0.4) is 0 Å². The van der Waals surface area contributed by atoms with Crippen LogP contribution in [-0.2, 0) is 13.9 Å². The summed E-state index contributed by atoms with van der Waals surface area (Å²) < 4.78 is 20.1. The molecule has 0 rings (SSSR count). The minimum Gasteiger partial charge on any atom is -0.410 e. The van der Waals surface area contributed by atoms with Gasteiger partial charge in [0.25, 0.3) is 0 Å². The highest BCUT2D eigenvalue weighted by Gasteiger charge is 2.39. The third kappa shape index (κ3) is 7.59. The van der Waals surface area contributed by atoms with Crippen LogP contribution in [0.4, 0.5) is 0 Å². The van der Waals surface area contributed by atoms with Crippen molar-refractivity contribution in [2.24, 2.45) is 0 Å². The fourth-order valence-corrected chi connectivity index (χ4v) is 3.41. The van der Waals surface area contributed by atoms with Crippen molar-refractivity contribution >= 4 is 30.9 Å². The van der Waals surface area contributed by atoms with E-state index in [1.807, 2.05) is 13.8 Å². The van der Waals surface area contributed by atoms with E-state index in [4.69, 9.17) is 13.9 Å². The van der Waals surface area contributed by atoms with E-state index in [0.29, 0.717) is 13.2 Å². The third-order valence-corrected chi connectivity index (χ3v) is 9.50. The highest BCUT2D eigenvalue weighted by molar-refractivity contribution is 14.1. The van der Waals surface area contributed by atoms with Crippen LogP contribution < -0.4 is 0 Å². The molecule has 0 aliphatic rings. The molecular weight excluding hydrogens is 395 g/mol. The van der Waals surface area contributed by atoms with E-state index in [1.54, 1.807) is 0 Å². The molecule has 0 aliphatic heterocycles. The third-order valence-electron chi connectivity index (χ3n) is 4.03. The minimum atomic E-state index is -1.82. The molecule has 0 saturated carbocycles. The molecule has 0 spiro atoms. The van der Waals surface area contributed by atoms with Gasteiger partial charge in [-0.05, 0) is 48.6 Å². The lowest BCUT2D eigenvalue weighted by atomic mass is 10.1. The molecule has 0 N–H and O–H groups in total. The van der Waals surface area contributed by atoms with Gasteiger partial charge in [-0.1, -0.05) is 43.4 Å². The van der Waals surface area contributed by atoms with Gasteiger partial charge in [0.05, 0.1) is 6.10 Å². The molecule has 126 valence electrons. The van der Waals surface area contributed by atoms with Gasteiger partial charge in [0.2, 0.25) is 0 Å². The van der Waals surface area contributed by atoms with Gasteiger partial charge in [0, 0.05) is 19.6 Å². The van der Waals surface area contributed by atoms with Gasteiger partial charge in [0.15, 0.2) is 14.6 Å². The van der Waals surface area contributed by atoms with Crippen molar-refractivity contribution in [1.29, 1.82) is 0 Å². The second-order valence-electron chi connectivity index (χ2n) is 6.80. The molecule has 0 amide bonds. The lowest BCUT2D eigenvalue weighted by molar-refractivity contribution is -0.148. The van der Waals surface area contributed by atoms with Gasteiger partial charge < -0.3 is 13.9 Å². The summed E-state index contributed by atoms with van der Waals surface area (Å²) in [4.78, 5) is 0. The monoisotopic (exact) mass is 428 g/mol. The first kappa shape index (κ1) is 21.6. The number of ether oxygens (including phenoxy) is 2. The molecule has 1 unspecified atom stereocenters. The Morgan fingerprint density at radius 2 is 1.62 bits per heavy atom. The van der Waals surface area contributed by atoms with E-state index in [9.17, 15) is 0 Å². The summed E-state index contributed by atoms with van der Waals surface area (Å²) in [5.41, 5.74) is 1.24. The fraction of sp³-hybridized carbons (Fsp3) is 0.875. The first-order chi connectivity index (χ1) is 9.59. The van der Waals surface area contributed by atoms with E-state index in [2.05, 4.69) is 67.5 Å². The highest BCUT2D eigenvalue weighted by Crippen LogP contribution is 2.38. The predicted molar refractivity (Wildman–Crippen MR) is 102 cm³/mol. The van der Waals surface area contributed by atoms with Crippen LogP contribution in [0.5, 0.6) is 0 Å². The average molecular weight is 428 g/mol. The molecule has 0 aromatic rings. The van der Waals surface area contributed by atoms with Gasteiger partial charge in [-0.2, -0.15) is 0 Å². The molecule has 0 radical (unpaired) electrons. The van der Waals surface area contributed by atoms with Crippen LogP contribution in [0.1, 0.15) is 48.0 Å². The topological polar surface area (TPSA) is 27.7 Å². The summed E-state index contributed by atoms with van der Waals surface area (Å²) in [6.45, 7) is 18.8. The molecule has 1 atom stereocenters. The maximum absolute atomic E-state index is 6.58. The van der Waals surface area contributed by atoms with Crippen LogP contribution in [0, 0.1) is 0 Å². The summed E-state index contributed by atoms with van der Waals surface area (Å²) in [5, 5.41) is 0.198. The van der Waals surface area contributed by atoms with Crippen molar-refractivity contribution in [2.45, 2.75) is 78.5 Å². The molecule has 0 aromatic carbocycles. The summed E-state index contributed by atoms with van der Waals surface area (Å²) in [6, 6.07) is 0. The molecule has 0 saturated heterocycles. The zero-order valence-corrected chi connectivity index (χ0v) is 18.1. The molecule has 0 fully saturated rings. The van der Waals surface area contributed by atoms with Crippen LogP contribution in [-0.4, -0.2) is 33.9 Å². The van der Waals surface area contributed by atoms with Crippen LogP contribution >= 0.6 is 22.6 Å². The molecule has 0 aromatic heterocycles. The molecule has 0 bridgehead atoms. The van der Waals surface area contributed by atoms with Crippen molar-refractivity contribution in [3.05, 3.63) is 9.66 Å². The van der Waals surface area contributed by atoms with E-state index in [0.717, 1.165) is 6.42 Å². The standard InChI is InChI=1S/C16H33IO3Si/c1-9-18-15(19-10-2)11-14(13(3)12-17)20-21(7,8)16(4,5)6/h12,14-15H,9-11H2,1-8H3/b13-12+. The molecule has 21 heavy (non-hydrogen) atoms. The summed E-state index contributed by atoms with van der Waals surface area (Å²) >= 11 is 2.28. The Morgan fingerprint density at radius 1 is 1.14 bits per heavy atom. The molecule has 3 nitrogen and oxygen atoms in total. The first-order valence-corrected chi connectivity index (χ1v) is 11.9. The molecule has 5 heteroatoms. The Kier molecular flexibility index (Phi) is 9.91. The second-order valence-corrected chi connectivity index (χ2v) is 12.2. The van der Waals surface area contributed by atoms with E-state index < -0.39 is 8.32 Å². The number of halogens is 1. The van der Waals surface area contributed by atoms with Gasteiger partial charge in [-0.3, -0.25) is 0 Å². The molecule has 0 heterocycles. The van der Waals surface area contributed by atoms with Crippen molar-refractivity contribution in [2.75, 3.05) is 13.2 Å². The van der Waals surface area contributed by atoms with E-state index in [-0.39, 0.29) is 17.4 Å². The predicted octanol–water partition coefficient (Wildman–Crippen LogP) is 5.50. The van der Waals surface area contributed by atoms with Gasteiger partial charge in [0.1, 0.15) is 0 Å². The summed E-state index contributed by atoms with van der Waals surface area (Å²) in [6.07, 6.45) is 0.617. The zero-order chi connectivity index (χ0) is 16.7. The van der Waals surface area contributed by atoms with Crippen LogP contribution in [0.2, 0.25) is 18.1 Å². The molecular formula is C16H33IO3Si. The number of hydrogen-bond donors (Lipinski definition) is 0. The second kappa shape index (κ2) is 9.65. The Hall–Kier alpha value is 0.567. The van der Waals surface area contributed by atoms with Crippen LogP contribution in [0.15, 0.2) is 9.66 Å². The van der Waals surface area contributed by atoms with E-state index in [1.165, 1.54) is 5.57 Å². The van der Waals surface area contributed by atoms with Crippen molar-refractivity contribution < 1.29 is 13.9 Å². The fourth-order valence-electron chi connectivity index (χ4n) is 1.66. The smallest absolute Gasteiger partial charge is 0.192 e. The molecule has 0 aliphatic carbocycles. The minimum absolute atomic E-state index is 0.0610. The summed E-state index contributed by atoms with van der Waals surface area (Å²) in [7, 11) is -1.82. The Morgan fingerprint density at radius 3 is 1.95 bits per heavy atom. The quantitative estimate of drug-likeness (QED) is 0.276. The van der Waals surface area contributed by atoms with Gasteiger partial charge >= 0.3 is 0 Å². The Bertz CT molecular complexity index is 318. The van der Waals surface area contributed by atoms with Gasteiger partial charge in [-0.25, -0.2) is 0 Å². The normalized spacial score (nSPS) is 15.6. The Labute approximate surface area is 146 Å². The van der Waals surface area contributed by atoms with Crippen LogP contribution in [0.25, 0.3) is 0 Å². The maximum atomic E-state index is 6.58. The lowest BCUT2D eigenvalue weighted by Gasteiger charge is -2.40. The summed E-state index contributed by atoms with van der Waals surface area (Å²) in [5.74, 6) is 0. The van der Waals surface area contributed by atoms with Crippen molar-refractivity contribution in [3.8, 4) is 0 Å². The number of hydrogen-bond acceptors (Lipinski definition) is 3. The first-order valence-electron chi connectivity index (χ1n) is 7.76. The Balaban J connectivity index is 5.05. The van der Waals surface area contributed by atoms with Crippen molar-refractivity contribution in [3.63, 3.8) is 0 Å². The van der Waals surface area contributed by atoms with Gasteiger partial charge in [-0.15, -0.1) is 0 Å². The highest BCUT2D eigenvalue weighted by atomic mass is 127. The largest absolute Gasteiger partial charge is 0.410 e. The van der Waals surface area contributed by atoms with E-state index >= 15 is 0 Å². The SMILES string of the molecule is CCOC(CC(O[Si](C)(C)C(C)(C)C)/C(C)=C/I)OCC. The lowest BCUT2D eigenvalue weighted by Crippen LogP contribution is -2.45. The zero-order valence-electron chi connectivity index (χ0n) is 15.0. The maximum Gasteiger partial charge on any atom is 0.192 e.